The van der Waals surface area contributed by atoms with Crippen LogP contribution >= 0.6 is 11.8 Å². The standard InChI is InChI=1S/C13H16N4OS/c14-9-2-3-11-10(8-9)12(16-15-11)13(18)17-4-1-6-19-7-5-17/h2-3,8H,1,4-7,14H2,(H,15,16). The number of hydrogen-bond donors (Lipinski definition) is 2. The number of hydrogen-bond acceptors (Lipinski definition) is 4. The number of carbonyl (C=O) groups excluding carboxylic acids is 1. The summed E-state index contributed by atoms with van der Waals surface area (Å²) in [5.41, 5.74) is 7.76. The van der Waals surface area contributed by atoms with Crippen molar-refractivity contribution >= 4 is 34.3 Å². The normalized spacial score (nSPS) is 16.5. The van der Waals surface area contributed by atoms with Crippen LogP contribution < -0.4 is 5.73 Å². The monoisotopic (exact) mass is 276 g/mol. The van der Waals surface area contributed by atoms with Crippen LogP contribution in [0.3, 0.4) is 0 Å². The van der Waals surface area contributed by atoms with E-state index < -0.39 is 0 Å². The van der Waals surface area contributed by atoms with Crippen LogP contribution in [0.1, 0.15) is 16.9 Å². The number of nitrogen functional groups attached to an aromatic ring is 1. The summed E-state index contributed by atoms with van der Waals surface area (Å²) in [6, 6.07) is 5.46. The second-order valence-electron chi connectivity index (χ2n) is 4.64. The molecule has 5 nitrogen and oxygen atoms in total. The molecule has 3 N–H and O–H groups in total. The molecular formula is C13H16N4OS. The molecule has 0 bridgehead atoms. The Bertz CT molecular complexity index is 602. The van der Waals surface area contributed by atoms with E-state index in [0.29, 0.717) is 11.4 Å². The average Bonchev–Trinajstić information content (AvgIpc) is 2.64. The molecule has 2 heterocycles. The predicted octanol–water partition coefficient (Wildman–Crippen LogP) is 1.72. The Hall–Kier alpha value is -1.69. The molecule has 1 amide bonds. The van der Waals surface area contributed by atoms with E-state index in [1.807, 2.05) is 22.7 Å². The van der Waals surface area contributed by atoms with E-state index in [1.54, 1.807) is 12.1 Å². The van der Waals surface area contributed by atoms with Crippen molar-refractivity contribution in [2.45, 2.75) is 6.42 Å². The first-order valence-electron chi connectivity index (χ1n) is 6.36. The lowest BCUT2D eigenvalue weighted by molar-refractivity contribution is 0.0764. The zero-order valence-electron chi connectivity index (χ0n) is 10.6. The first kappa shape index (κ1) is 12.3. The maximum Gasteiger partial charge on any atom is 0.275 e. The van der Waals surface area contributed by atoms with Crippen molar-refractivity contribution in [2.75, 3.05) is 30.3 Å². The van der Waals surface area contributed by atoms with Gasteiger partial charge in [0.15, 0.2) is 5.69 Å². The predicted molar refractivity (Wildman–Crippen MR) is 78.4 cm³/mol. The zero-order chi connectivity index (χ0) is 13.2. The SMILES string of the molecule is Nc1ccc2[nH]nc(C(=O)N3CCCSCC3)c2c1. The molecule has 0 unspecified atom stereocenters. The highest BCUT2D eigenvalue weighted by atomic mass is 32.2. The summed E-state index contributed by atoms with van der Waals surface area (Å²) >= 11 is 1.90. The van der Waals surface area contributed by atoms with Crippen LogP contribution in [0, 0.1) is 0 Å². The molecule has 0 aliphatic carbocycles. The summed E-state index contributed by atoms with van der Waals surface area (Å²) in [4.78, 5) is 14.4. The van der Waals surface area contributed by atoms with Gasteiger partial charge in [0.25, 0.3) is 5.91 Å². The summed E-state index contributed by atoms with van der Waals surface area (Å²) < 4.78 is 0. The second-order valence-corrected chi connectivity index (χ2v) is 5.86. The second kappa shape index (κ2) is 5.13. The summed E-state index contributed by atoms with van der Waals surface area (Å²) in [6.45, 7) is 1.60. The van der Waals surface area contributed by atoms with E-state index >= 15 is 0 Å². The minimum atomic E-state index is -0.000602. The van der Waals surface area contributed by atoms with Crippen LogP contribution in [0.2, 0.25) is 0 Å². The maximum atomic E-state index is 12.5. The van der Waals surface area contributed by atoms with Gasteiger partial charge in [-0.25, -0.2) is 0 Å². The van der Waals surface area contributed by atoms with Crippen molar-refractivity contribution in [2.24, 2.45) is 0 Å². The summed E-state index contributed by atoms with van der Waals surface area (Å²) in [7, 11) is 0. The third-order valence-corrected chi connectivity index (χ3v) is 4.35. The van der Waals surface area contributed by atoms with Gasteiger partial charge in [-0.15, -0.1) is 0 Å². The van der Waals surface area contributed by atoms with Gasteiger partial charge in [-0.1, -0.05) is 0 Å². The molecule has 0 spiro atoms. The van der Waals surface area contributed by atoms with Crippen LogP contribution in [0.4, 0.5) is 5.69 Å². The molecule has 1 saturated heterocycles. The molecule has 19 heavy (non-hydrogen) atoms. The van der Waals surface area contributed by atoms with Crippen molar-refractivity contribution in [1.29, 1.82) is 0 Å². The molecule has 1 aromatic carbocycles. The molecular weight excluding hydrogens is 260 g/mol. The fraction of sp³-hybridized carbons (Fsp3) is 0.385. The molecule has 3 rings (SSSR count). The van der Waals surface area contributed by atoms with Crippen LogP contribution in [-0.4, -0.2) is 45.6 Å². The first-order valence-corrected chi connectivity index (χ1v) is 7.52. The van der Waals surface area contributed by atoms with Gasteiger partial charge >= 0.3 is 0 Å². The molecule has 0 saturated carbocycles. The highest BCUT2D eigenvalue weighted by Gasteiger charge is 2.21. The molecule has 2 aromatic rings. The number of amides is 1. The lowest BCUT2D eigenvalue weighted by atomic mass is 10.1. The zero-order valence-corrected chi connectivity index (χ0v) is 11.4. The molecule has 1 fully saturated rings. The van der Waals surface area contributed by atoms with Crippen molar-refractivity contribution in [3.8, 4) is 0 Å². The van der Waals surface area contributed by atoms with Crippen LogP contribution in [0.25, 0.3) is 10.9 Å². The number of rotatable bonds is 1. The van der Waals surface area contributed by atoms with Gasteiger partial charge in [0.2, 0.25) is 0 Å². The van der Waals surface area contributed by atoms with E-state index in [-0.39, 0.29) is 5.91 Å². The first-order chi connectivity index (χ1) is 9.25. The smallest absolute Gasteiger partial charge is 0.275 e. The van der Waals surface area contributed by atoms with Gasteiger partial charge < -0.3 is 10.6 Å². The van der Waals surface area contributed by atoms with E-state index in [1.165, 1.54) is 0 Å². The number of carbonyl (C=O) groups is 1. The third-order valence-electron chi connectivity index (χ3n) is 3.30. The molecule has 1 aliphatic rings. The number of H-pyrrole nitrogens is 1. The highest BCUT2D eigenvalue weighted by Crippen LogP contribution is 2.21. The van der Waals surface area contributed by atoms with Gasteiger partial charge in [0, 0.05) is 29.9 Å². The van der Waals surface area contributed by atoms with Crippen LogP contribution in [0.15, 0.2) is 18.2 Å². The van der Waals surface area contributed by atoms with Crippen LogP contribution in [0.5, 0.6) is 0 Å². The number of aromatic amines is 1. The molecule has 1 aromatic heterocycles. The molecule has 0 radical (unpaired) electrons. The van der Waals surface area contributed by atoms with E-state index in [0.717, 1.165) is 41.9 Å². The number of nitrogens with two attached hydrogens (primary N) is 1. The fourth-order valence-corrected chi connectivity index (χ4v) is 3.18. The highest BCUT2D eigenvalue weighted by molar-refractivity contribution is 7.99. The maximum absolute atomic E-state index is 12.5. The Morgan fingerprint density at radius 2 is 2.26 bits per heavy atom. The Labute approximate surface area is 115 Å². The van der Waals surface area contributed by atoms with E-state index in [2.05, 4.69) is 10.2 Å². The van der Waals surface area contributed by atoms with E-state index in [4.69, 9.17) is 5.73 Å². The largest absolute Gasteiger partial charge is 0.399 e. The van der Waals surface area contributed by atoms with Gasteiger partial charge in [-0.05, 0) is 30.4 Å². The molecule has 0 atom stereocenters. The van der Waals surface area contributed by atoms with Crippen molar-refractivity contribution in [3.05, 3.63) is 23.9 Å². The molecule has 6 heteroatoms. The Morgan fingerprint density at radius 3 is 3.16 bits per heavy atom. The quantitative estimate of drug-likeness (QED) is 0.778. The van der Waals surface area contributed by atoms with Gasteiger partial charge in [-0.2, -0.15) is 16.9 Å². The number of benzene rings is 1. The lowest BCUT2D eigenvalue weighted by Gasteiger charge is -2.18. The van der Waals surface area contributed by atoms with Gasteiger partial charge in [-0.3, -0.25) is 9.89 Å². The number of nitrogens with zero attached hydrogens (tertiary/aromatic N) is 2. The summed E-state index contributed by atoms with van der Waals surface area (Å²) in [5, 5.41) is 7.86. The minimum absolute atomic E-state index is 0.000602. The number of aromatic nitrogens is 2. The Balaban J connectivity index is 1.94. The van der Waals surface area contributed by atoms with Gasteiger partial charge in [0.1, 0.15) is 0 Å². The van der Waals surface area contributed by atoms with Crippen molar-refractivity contribution in [1.82, 2.24) is 15.1 Å². The third kappa shape index (κ3) is 2.40. The number of nitrogens with one attached hydrogen (secondary N) is 1. The average molecular weight is 276 g/mol. The summed E-state index contributed by atoms with van der Waals surface area (Å²) in [5.74, 6) is 2.12. The number of fused-ring (bicyclic) bond motifs is 1. The fourth-order valence-electron chi connectivity index (χ4n) is 2.29. The molecule has 1 aliphatic heterocycles. The Morgan fingerprint density at radius 1 is 1.37 bits per heavy atom. The van der Waals surface area contributed by atoms with Gasteiger partial charge in [0.05, 0.1) is 5.52 Å². The van der Waals surface area contributed by atoms with Crippen molar-refractivity contribution < 1.29 is 4.79 Å². The van der Waals surface area contributed by atoms with Crippen LogP contribution in [-0.2, 0) is 0 Å². The topological polar surface area (TPSA) is 75.0 Å². The lowest BCUT2D eigenvalue weighted by Crippen LogP contribution is -2.33. The Kier molecular flexibility index (Phi) is 3.33. The minimum Gasteiger partial charge on any atom is -0.399 e. The number of anilines is 1. The molecule has 100 valence electrons. The van der Waals surface area contributed by atoms with Crippen molar-refractivity contribution in [3.63, 3.8) is 0 Å². The number of thioether (sulfide) groups is 1. The van der Waals surface area contributed by atoms with E-state index in [9.17, 15) is 4.79 Å². The summed E-state index contributed by atoms with van der Waals surface area (Å²) in [6.07, 6.45) is 1.04.